The molecule has 0 aromatic carbocycles. The number of carbonyl (C=O) groups is 1. The summed E-state index contributed by atoms with van der Waals surface area (Å²) in [5.41, 5.74) is 4.87. The lowest BCUT2D eigenvalue weighted by Crippen LogP contribution is -2.36. The van der Waals surface area contributed by atoms with Crippen molar-refractivity contribution in [1.29, 1.82) is 0 Å². The van der Waals surface area contributed by atoms with E-state index in [2.05, 4.69) is 0 Å². The first-order valence-corrected chi connectivity index (χ1v) is 5.25. The molecule has 0 bridgehead atoms. The summed E-state index contributed by atoms with van der Waals surface area (Å²) in [6.07, 6.45) is 0.0130. The number of amides is 2. The standard InChI is InChI=1S/C5H13N2O4P/c1-2-3-7(5(6)8)4-12(9,10)11/h2-4H2,1H3,(H2,6,8)(H2,9,10,11). The Hall–Kier alpha value is -0.580. The van der Waals surface area contributed by atoms with Gasteiger partial charge in [-0.3, -0.25) is 4.57 Å². The topological polar surface area (TPSA) is 104 Å². The number of urea groups is 1. The van der Waals surface area contributed by atoms with Crippen molar-refractivity contribution >= 4 is 13.6 Å². The maximum atomic E-state index is 10.6. The Morgan fingerprint density at radius 2 is 2.08 bits per heavy atom. The van der Waals surface area contributed by atoms with Gasteiger partial charge in [-0.15, -0.1) is 0 Å². The van der Waals surface area contributed by atoms with Gasteiger partial charge in [0.25, 0.3) is 0 Å². The van der Waals surface area contributed by atoms with E-state index in [9.17, 15) is 9.36 Å². The maximum Gasteiger partial charge on any atom is 0.344 e. The zero-order valence-corrected chi connectivity index (χ0v) is 7.70. The second-order valence-electron chi connectivity index (χ2n) is 2.41. The van der Waals surface area contributed by atoms with E-state index in [1.807, 2.05) is 0 Å². The molecule has 4 N–H and O–H groups in total. The molecule has 0 heterocycles. The molecule has 0 spiro atoms. The largest absolute Gasteiger partial charge is 0.351 e. The SMILES string of the molecule is CCCN(CP(=O)(O)O)C(N)=O. The van der Waals surface area contributed by atoms with Crippen molar-refractivity contribution in [2.45, 2.75) is 13.3 Å². The Kier molecular flexibility index (Phi) is 4.23. The molecule has 12 heavy (non-hydrogen) atoms. The lowest BCUT2D eigenvalue weighted by Gasteiger charge is -2.19. The Morgan fingerprint density at radius 3 is 2.33 bits per heavy atom. The van der Waals surface area contributed by atoms with Gasteiger partial charge in [-0.2, -0.15) is 0 Å². The Bertz CT molecular complexity index is 202. The second-order valence-corrected chi connectivity index (χ2v) is 4.02. The van der Waals surface area contributed by atoms with Crippen LogP contribution in [0.1, 0.15) is 13.3 Å². The minimum atomic E-state index is -4.18. The summed E-state index contributed by atoms with van der Waals surface area (Å²) < 4.78 is 10.5. The van der Waals surface area contributed by atoms with Gasteiger partial charge in [0.2, 0.25) is 0 Å². The third kappa shape index (κ3) is 5.12. The first kappa shape index (κ1) is 11.4. The summed E-state index contributed by atoms with van der Waals surface area (Å²) in [5.74, 6) is 0. The fraction of sp³-hybridized carbons (Fsp3) is 0.800. The van der Waals surface area contributed by atoms with Crippen LogP contribution in [0, 0.1) is 0 Å². The van der Waals surface area contributed by atoms with Crippen LogP contribution in [0.4, 0.5) is 4.79 Å². The highest BCUT2D eigenvalue weighted by atomic mass is 31.2. The molecule has 0 aromatic heterocycles. The number of primary amides is 1. The van der Waals surface area contributed by atoms with Crippen LogP contribution in [-0.2, 0) is 4.57 Å². The van der Waals surface area contributed by atoms with E-state index in [-0.39, 0.29) is 6.54 Å². The molecule has 0 rings (SSSR count). The van der Waals surface area contributed by atoms with Gasteiger partial charge >= 0.3 is 13.6 Å². The van der Waals surface area contributed by atoms with Crippen LogP contribution >= 0.6 is 7.60 Å². The maximum absolute atomic E-state index is 10.6. The Morgan fingerprint density at radius 1 is 1.58 bits per heavy atom. The van der Waals surface area contributed by atoms with Gasteiger partial charge in [0.15, 0.2) is 0 Å². The molecule has 6 nitrogen and oxygen atoms in total. The third-order valence-electron chi connectivity index (χ3n) is 1.16. The van der Waals surface area contributed by atoms with Crippen LogP contribution < -0.4 is 5.73 Å². The molecule has 0 fully saturated rings. The monoisotopic (exact) mass is 196 g/mol. The molecule has 0 aliphatic rings. The van der Waals surface area contributed by atoms with Crippen LogP contribution in [-0.4, -0.2) is 33.5 Å². The molecule has 0 atom stereocenters. The summed E-state index contributed by atoms with van der Waals surface area (Å²) in [4.78, 5) is 28.6. The molecular weight excluding hydrogens is 183 g/mol. The van der Waals surface area contributed by atoms with E-state index in [1.54, 1.807) is 6.92 Å². The summed E-state index contributed by atoms with van der Waals surface area (Å²) in [5, 5.41) is 0. The minimum absolute atomic E-state index is 0.264. The number of nitrogens with two attached hydrogens (primary N) is 1. The number of hydrogen-bond donors (Lipinski definition) is 3. The normalized spacial score (nSPS) is 11.2. The number of hydrogen-bond acceptors (Lipinski definition) is 2. The van der Waals surface area contributed by atoms with E-state index in [4.69, 9.17) is 15.5 Å². The highest BCUT2D eigenvalue weighted by Crippen LogP contribution is 2.34. The van der Waals surface area contributed by atoms with Crippen molar-refractivity contribution < 1.29 is 19.1 Å². The van der Waals surface area contributed by atoms with Crippen LogP contribution in [0.15, 0.2) is 0 Å². The molecule has 0 aliphatic carbocycles. The van der Waals surface area contributed by atoms with Gasteiger partial charge in [-0.25, -0.2) is 4.79 Å². The average molecular weight is 196 g/mol. The van der Waals surface area contributed by atoms with E-state index in [0.717, 1.165) is 4.90 Å². The lowest BCUT2D eigenvalue weighted by molar-refractivity contribution is 0.210. The van der Waals surface area contributed by atoms with Crippen molar-refractivity contribution in [3.63, 3.8) is 0 Å². The number of carbonyl (C=O) groups excluding carboxylic acids is 1. The van der Waals surface area contributed by atoms with Gasteiger partial charge in [0.05, 0.1) is 0 Å². The van der Waals surface area contributed by atoms with Crippen molar-refractivity contribution in [1.82, 2.24) is 4.90 Å². The zero-order chi connectivity index (χ0) is 9.78. The highest BCUT2D eigenvalue weighted by molar-refractivity contribution is 7.51. The van der Waals surface area contributed by atoms with Crippen molar-refractivity contribution in [2.24, 2.45) is 5.73 Å². The van der Waals surface area contributed by atoms with E-state index in [1.165, 1.54) is 0 Å². The predicted octanol–water partition coefficient (Wildman–Crippen LogP) is -0.0877. The van der Waals surface area contributed by atoms with E-state index in [0.29, 0.717) is 6.42 Å². The Labute approximate surface area is 70.5 Å². The van der Waals surface area contributed by atoms with Crippen molar-refractivity contribution in [3.8, 4) is 0 Å². The number of rotatable bonds is 4. The predicted molar refractivity (Wildman–Crippen MR) is 43.5 cm³/mol. The lowest BCUT2D eigenvalue weighted by atomic mass is 10.4. The van der Waals surface area contributed by atoms with Crippen LogP contribution in [0.2, 0.25) is 0 Å². The molecule has 0 saturated heterocycles. The second kappa shape index (κ2) is 4.45. The van der Waals surface area contributed by atoms with Crippen LogP contribution in [0.25, 0.3) is 0 Å². The molecule has 72 valence electrons. The quantitative estimate of drug-likeness (QED) is 0.546. The molecule has 0 aliphatic heterocycles. The molecule has 7 heteroatoms. The van der Waals surface area contributed by atoms with Crippen molar-refractivity contribution in [3.05, 3.63) is 0 Å². The fourth-order valence-electron chi connectivity index (χ4n) is 0.743. The van der Waals surface area contributed by atoms with Gasteiger partial charge in [-0.1, -0.05) is 6.92 Å². The summed E-state index contributed by atoms with van der Waals surface area (Å²) in [6.45, 7) is 2.05. The van der Waals surface area contributed by atoms with Crippen LogP contribution in [0.3, 0.4) is 0 Å². The molecule has 0 saturated carbocycles. The van der Waals surface area contributed by atoms with Crippen LogP contribution in [0.5, 0.6) is 0 Å². The first-order chi connectivity index (χ1) is 5.37. The van der Waals surface area contributed by atoms with Gasteiger partial charge in [-0.05, 0) is 6.42 Å². The van der Waals surface area contributed by atoms with E-state index < -0.39 is 19.9 Å². The summed E-state index contributed by atoms with van der Waals surface area (Å²) in [6, 6.07) is -0.805. The molecule has 0 unspecified atom stereocenters. The summed E-state index contributed by atoms with van der Waals surface area (Å²) >= 11 is 0. The minimum Gasteiger partial charge on any atom is -0.351 e. The zero-order valence-electron chi connectivity index (χ0n) is 6.80. The Balaban J connectivity index is 4.14. The van der Waals surface area contributed by atoms with Crippen molar-refractivity contribution in [2.75, 3.05) is 12.8 Å². The third-order valence-corrected chi connectivity index (χ3v) is 1.87. The number of nitrogens with zero attached hydrogens (tertiary/aromatic N) is 1. The highest BCUT2D eigenvalue weighted by Gasteiger charge is 2.20. The molecule has 0 radical (unpaired) electrons. The van der Waals surface area contributed by atoms with Gasteiger partial charge in [0, 0.05) is 6.54 Å². The van der Waals surface area contributed by atoms with Gasteiger partial charge < -0.3 is 20.4 Å². The molecule has 2 amide bonds. The molecule has 0 aromatic rings. The van der Waals surface area contributed by atoms with E-state index >= 15 is 0 Å². The smallest absolute Gasteiger partial charge is 0.344 e. The fourth-order valence-corrected chi connectivity index (χ4v) is 1.47. The molecular formula is C5H13N2O4P. The first-order valence-electron chi connectivity index (χ1n) is 3.45. The average Bonchev–Trinajstić information content (AvgIpc) is 1.83. The van der Waals surface area contributed by atoms with Gasteiger partial charge in [0.1, 0.15) is 6.29 Å². The summed E-state index contributed by atoms with van der Waals surface area (Å²) in [7, 11) is -4.18.